The molecule has 2 aromatic carbocycles. The van der Waals surface area contributed by atoms with Gasteiger partial charge in [0, 0.05) is 23.1 Å². The second-order valence-corrected chi connectivity index (χ2v) is 7.84. The van der Waals surface area contributed by atoms with E-state index in [1.54, 1.807) is 35.0 Å². The highest BCUT2D eigenvalue weighted by Crippen LogP contribution is 2.24. The highest BCUT2D eigenvalue weighted by Gasteiger charge is 2.13. The number of rotatable bonds is 5. The molecule has 8 heteroatoms. The van der Waals surface area contributed by atoms with Crippen LogP contribution in [0.3, 0.4) is 0 Å². The van der Waals surface area contributed by atoms with Gasteiger partial charge in [-0.2, -0.15) is 10.1 Å². The van der Waals surface area contributed by atoms with Crippen molar-refractivity contribution in [2.75, 3.05) is 10.6 Å². The van der Waals surface area contributed by atoms with Crippen LogP contribution in [0.1, 0.15) is 28.3 Å². The molecular formula is C25H26N6O2. The number of anilines is 2. The summed E-state index contributed by atoms with van der Waals surface area (Å²) in [7, 11) is 0. The Hall–Kier alpha value is -4.20. The number of aromatic nitrogens is 4. The lowest BCUT2D eigenvalue weighted by Crippen LogP contribution is -2.19. The molecule has 4 rings (SSSR count). The number of aryl methyl sites for hydroxylation is 3. The van der Waals surface area contributed by atoms with Crippen LogP contribution in [0.2, 0.25) is 0 Å². The molecule has 33 heavy (non-hydrogen) atoms. The van der Waals surface area contributed by atoms with E-state index in [-0.39, 0.29) is 6.03 Å². The number of amides is 2. The van der Waals surface area contributed by atoms with Crippen molar-refractivity contribution in [1.29, 1.82) is 0 Å². The lowest BCUT2D eigenvalue weighted by molar-refractivity contribution is 0.262. The Labute approximate surface area is 192 Å². The first-order chi connectivity index (χ1) is 15.8. The first kappa shape index (κ1) is 22.0. The van der Waals surface area contributed by atoms with Crippen LogP contribution in [0.25, 0.3) is 5.82 Å². The third-order valence-corrected chi connectivity index (χ3v) is 5.40. The Balaban J connectivity index is 1.46. The molecule has 0 fully saturated rings. The summed E-state index contributed by atoms with van der Waals surface area (Å²) >= 11 is 0. The van der Waals surface area contributed by atoms with E-state index in [0.717, 1.165) is 28.2 Å². The van der Waals surface area contributed by atoms with E-state index in [4.69, 9.17) is 4.74 Å². The smallest absolute Gasteiger partial charge is 0.323 e. The summed E-state index contributed by atoms with van der Waals surface area (Å²) in [6, 6.07) is 16.1. The third-order valence-electron chi connectivity index (χ3n) is 5.40. The van der Waals surface area contributed by atoms with E-state index in [1.165, 1.54) is 0 Å². The molecule has 0 saturated heterocycles. The maximum Gasteiger partial charge on any atom is 0.323 e. The zero-order valence-electron chi connectivity index (χ0n) is 19.3. The van der Waals surface area contributed by atoms with Gasteiger partial charge in [-0.3, -0.25) is 0 Å². The van der Waals surface area contributed by atoms with Crippen LogP contribution in [-0.2, 0) is 0 Å². The fourth-order valence-electron chi connectivity index (χ4n) is 3.35. The molecule has 0 aliphatic heterocycles. The first-order valence-electron chi connectivity index (χ1n) is 10.6. The van der Waals surface area contributed by atoms with Crippen molar-refractivity contribution in [3.63, 3.8) is 0 Å². The normalized spacial score (nSPS) is 10.7. The second kappa shape index (κ2) is 9.12. The summed E-state index contributed by atoms with van der Waals surface area (Å²) in [5, 5.41) is 10.2. The highest BCUT2D eigenvalue weighted by atomic mass is 16.5. The lowest BCUT2D eigenvalue weighted by atomic mass is 10.2. The predicted molar refractivity (Wildman–Crippen MR) is 128 cm³/mol. The molecule has 2 heterocycles. The van der Waals surface area contributed by atoms with Crippen molar-refractivity contribution in [2.24, 2.45) is 0 Å². The van der Waals surface area contributed by atoms with Gasteiger partial charge in [-0.25, -0.2) is 14.5 Å². The molecule has 0 radical (unpaired) electrons. The fourth-order valence-corrected chi connectivity index (χ4v) is 3.35. The molecule has 2 amide bonds. The Bertz CT molecular complexity index is 1310. The minimum absolute atomic E-state index is 0.311. The third kappa shape index (κ3) is 5.01. The minimum Gasteiger partial charge on any atom is -0.439 e. The quantitative estimate of drug-likeness (QED) is 0.417. The number of para-hydroxylation sites is 1. The average Bonchev–Trinajstić information content (AvgIpc) is 3.04. The summed E-state index contributed by atoms with van der Waals surface area (Å²) in [6.45, 7) is 9.78. The highest BCUT2D eigenvalue weighted by molar-refractivity contribution is 6.00. The summed E-state index contributed by atoms with van der Waals surface area (Å²) in [6.07, 6.45) is 0. The van der Waals surface area contributed by atoms with E-state index in [0.29, 0.717) is 29.0 Å². The van der Waals surface area contributed by atoms with Gasteiger partial charge in [0.2, 0.25) is 5.88 Å². The van der Waals surface area contributed by atoms with E-state index < -0.39 is 0 Å². The molecule has 0 bridgehead atoms. The summed E-state index contributed by atoms with van der Waals surface area (Å²) in [4.78, 5) is 21.2. The van der Waals surface area contributed by atoms with Crippen LogP contribution in [-0.4, -0.2) is 25.8 Å². The molecule has 0 atom stereocenters. The standard InChI is InChI=1S/C25H26N6O2/c1-15-8-6-7-9-22(15)29-25(32)28-20-10-12-21(13-11-20)33-24-14-23(26-19(5)27-24)31-18(4)16(2)17(3)30-31/h6-14H,1-5H3,(H2,28,29,32). The van der Waals surface area contributed by atoms with Crippen LogP contribution in [0.5, 0.6) is 11.6 Å². The number of carbonyl (C=O) groups excluding carboxylic acids is 1. The number of benzene rings is 2. The Morgan fingerprint density at radius 1 is 0.909 bits per heavy atom. The van der Waals surface area contributed by atoms with Crippen LogP contribution in [0.4, 0.5) is 16.2 Å². The molecule has 4 aromatic rings. The maximum absolute atomic E-state index is 12.3. The minimum atomic E-state index is -0.311. The molecule has 0 aliphatic rings. The fraction of sp³-hybridized carbons (Fsp3) is 0.200. The Morgan fingerprint density at radius 3 is 2.30 bits per heavy atom. The van der Waals surface area contributed by atoms with Crippen molar-refractivity contribution < 1.29 is 9.53 Å². The zero-order valence-corrected chi connectivity index (χ0v) is 19.3. The molecule has 0 aliphatic carbocycles. The first-order valence-corrected chi connectivity index (χ1v) is 10.6. The van der Waals surface area contributed by atoms with Crippen LogP contribution >= 0.6 is 0 Å². The van der Waals surface area contributed by atoms with Gasteiger partial charge in [0.15, 0.2) is 5.82 Å². The summed E-state index contributed by atoms with van der Waals surface area (Å²) in [5.74, 6) is 2.24. The second-order valence-electron chi connectivity index (χ2n) is 7.84. The van der Waals surface area contributed by atoms with E-state index in [2.05, 4.69) is 25.7 Å². The van der Waals surface area contributed by atoms with Gasteiger partial charge in [0.25, 0.3) is 0 Å². The van der Waals surface area contributed by atoms with E-state index in [1.807, 2.05) is 58.9 Å². The molecule has 0 spiro atoms. The van der Waals surface area contributed by atoms with Crippen molar-refractivity contribution in [3.05, 3.63) is 82.9 Å². The monoisotopic (exact) mass is 442 g/mol. The van der Waals surface area contributed by atoms with Crippen molar-refractivity contribution in [3.8, 4) is 17.4 Å². The van der Waals surface area contributed by atoms with Crippen LogP contribution in [0.15, 0.2) is 54.6 Å². The number of ether oxygens (including phenoxy) is 1. The number of hydrogen-bond donors (Lipinski definition) is 2. The molecule has 0 saturated carbocycles. The zero-order chi connectivity index (χ0) is 23.5. The van der Waals surface area contributed by atoms with Crippen LogP contribution in [0, 0.1) is 34.6 Å². The number of nitrogens with zero attached hydrogens (tertiary/aromatic N) is 4. The van der Waals surface area contributed by atoms with Crippen molar-refractivity contribution in [2.45, 2.75) is 34.6 Å². The molecule has 8 nitrogen and oxygen atoms in total. The number of nitrogens with one attached hydrogen (secondary N) is 2. The van der Waals surface area contributed by atoms with Gasteiger partial charge < -0.3 is 15.4 Å². The number of hydrogen-bond acceptors (Lipinski definition) is 5. The molecule has 2 N–H and O–H groups in total. The SMILES string of the molecule is Cc1nc(Oc2ccc(NC(=O)Nc3ccccc3C)cc2)cc(-n2nc(C)c(C)c2C)n1. The van der Waals surface area contributed by atoms with Gasteiger partial charge in [-0.05, 0) is 76.1 Å². The van der Waals surface area contributed by atoms with E-state index in [9.17, 15) is 4.79 Å². The van der Waals surface area contributed by atoms with Gasteiger partial charge in [0.05, 0.1) is 5.69 Å². The lowest BCUT2D eigenvalue weighted by Gasteiger charge is -2.11. The maximum atomic E-state index is 12.3. The average molecular weight is 443 g/mol. The van der Waals surface area contributed by atoms with Gasteiger partial charge in [-0.15, -0.1) is 0 Å². The number of carbonyl (C=O) groups is 1. The Morgan fingerprint density at radius 2 is 1.64 bits per heavy atom. The van der Waals surface area contributed by atoms with E-state index >= 15 is 0 Å². The van der Waals surface area contributed by atoms with Crippen molar-refractivity contribution >= 4 is 17.4 Å². The molecule has 2 aromatic heterocycles. The largest absolute Gasteiger partial charge is 0.439 e. The summed E-state index contributed by atoms with van der Waals surface area (Å²) < 4.78 is 7.75. The molecule has 168 valence electrons. The molecular weight excluding hydrogens is 416 g/mol. The van der Waals surface area contributed by atoms with Gasteiger partial charge in [-0.1, -0.05) is 18.2 Å². The van der Waals surface area contributed by atoms with Crippen molar-refractivity contribution in [1.82, 2.24) is 19.7 Å². The number of urea groups is 1. The summed E-state index contributed by atoms with van der Waals surface area (Å²) in [5.41, 5.74) is 5.51. The topological polar surface area (TPSA) is 94.0 Å². The predicted octanol–water partition coefficient (Wildman–Crippen LogP) is 5.64. The van der Waals surface area contributed by atoms with Gasteiger partial charge in [0.1, 0.15) is 11.6 Å². The van der Waals surface area contributed by atoms with Gasteiger partial charge >= 0.3 is 6.03 Å². The Kier molecular flexibility index (Phi) is 6.08. The van der Waals surface area contributed by atoms with Crippen LogP contribution < -0.4 is 15.4 Å². The molecule has 0 unspecified atom stereocenters.